The van der Waals surface area contributed by atoms with Crippen molar-refractivity contribution >= 4 is 5.69 Å². The number of rotatable bonds is 3. The second-order valence-corrected chi connectivity index (χ2v) is 5.46. The van der Waals surface area contributed by atoms with Gasteiger partial charge in [0, 0.05) is 6.54 Å². The van der Waals surface area contributed by atoms with Gasteiger partial charge in [-0.1, -0.05) is 0 Å². The van der Waals surface area contributed by atoms with Gasteiger partial charge >= 0.3 is 0 Å². The third kappa shape index (κ3) is 2.96. The van der Waals surface area contributed by atoms with Crippen LogP contribution in [0.3, 0.4) is 0 Å². The zero-order valence-electron chi connectivity index (χ0n) is 11.6. The Kier molecular flexibility index (Phi) is 4.12. The van der Waals surface area contributed by atoms with E-state index in [0.29, 0.717) is 5.92 Å². The van der Waals surface area contributed by atoms with Crippen LogP contribution >= 0.6 is 0 Å². The zero-order chi connectivity index (χ0) is 13.1. The Balaban J connectivity index is 2.28. The van der Waals surface area contributed by atoms with Gasteiger partial charge in [0.2, 0.25) is 0 Å². The lowest BCUT2D eigenvalue weighted by molar-refractivity contribution is 0.243. The summed E-state index contributed by atoms with van der Waals surface area (Å²) in [6, 6.07) is 4.18. The van der Waals surface area contributed by atoms with E-state index in [9.17, 15) is 0 Å². The van der Waals surface area contributed by atoms with Gasteiger partial charge in [-0.2, -0.15) is 0 Å². The highest BCUT2D eigenvalue weighted by Crippen LogP contribution is 2.33. The van der Waals surface area contributed by atoms with Gasteiger partial charge in [-0.25, -0.2) is 0 Å². The second kappa shape index (κ2) is 5.61. The number of anilines is 1. The first-order valence-electron chi connectivity index (χ1n) is 6.85. The van der Waals surface area contributed by atoms with E-state index in [4.69, 9.17) is 10.5 Å². The number of hydrogen-bond acceptors (Lipinski definition) is 3. The number of ether oxygens (including phenoxy) is 1. The lowest BCUT2D eigenvalue weighted by Crippen LogP contribution is -2.28. The van der Waals surface area contributed by atoms with Gasteiger partial charge in [0.1, 0.15) is 5.75 Å². The average molecular weight is 248 g/mol. The maximum Gasteiger partial charge on any atom is 0.142 e. The highest BCUT2D eigenvalue weighted by atomic mass is 16.5. The lowest BCUT2D eigenvalue weighted by atomic mass is 9.88. The van der Waals surface area contributed by atoms with Gasteiger partial charge < -0.3 is 15.8 Å². The van der Waals surface area contributed by atoms with Gasteiger partial charge in [0.25, 0.3) is 0 Å². The summed E-state index contributed by atoms with van der Waals surface area (Å²) in [7, 11) is 0. The largest absolute Gasteiger partial charge is 0.489 e. The van der Waals surface area contributed by atoms with Crippen molar-refractivity contribution in [1.29, 1.82) is 0 Å². The first-order chi connectivity index (χ1) is 8.58. The summed E-state index contributed by atoms with van der Waals surface area (Å²) in [4.78, 5) is 0. The molecule has 1 aromatic carbocycles. The van der Waals surface area contributed by atoms with Gasteiger partial charge in [-0.15, -0.1) is 0 Å². The molecule has 1 saturated heterocycles. The minimum Gasteiger partial charge on any atom is -0.489 e. The first kappa shape index (κ1) is 13.2. The van der Waals surface area contributed by atoms with Crippen molar-refractivity contribution in [2.45, 2.75) is 45.6 Å². The molecule has 3 N–H and O–H groups in total. The predicted molar refractivity (Wildman–Crippen MR) is 76.2 cm³/mol. The van der Waals surface area contributed by atoms with Crippen LogP contribution in [0.25, 0.3) is 0 Å². The molecule has 0 spiro atoms. The van der Waals surface area contributed by atoms with Gasteiger partial charge in [0.05, 0.1) is 11.8 Å². The molecule has 3 heteroatoms. The van der Waals surface area contributed by atoms with Crippen LogP contribution in [0.1, 0.15) is 43.7 Å². The summed E-state index contributed by atoms with van der Waals surface area (Å²) in [5, 5.41) is 3.46. The van der Waals surface area contributed by atoms with Crippen molar-refractivity contribution in [3.63, 3.8) is 0 Å². The average Bonchev–Trinajstić information content (AvgIpc) is 2.33. The van der Waals surface area contributed by atoms with Crippen molar-refractivity contribution in [3.05, 3.63) is 23.3 Å². The monoisotopic (exact) mass is 248 g/mol. The molecule has 1 aromatic rings. The minimum absolute atomic E-state index is 0.160. The molecule has 0 aliphatic carbocycles. The molecule has 1 heterocycles. The quantitative estimate of drug-likeness (QED) is 0.809. The molecule has 0 radical (unpaired) electrons. The van der Waals surface area contributed by atoms with Gasteiger partial charge in [-0.05, 0) is 69.3 Å². The fourth-order valence-electron chi connectivity index (χ4n) is 2.64. The second-order valence-electron chi connectivity index (χ2n) is 5.46. The van der Waals surface area contributed by atoms with Crippen LogP contribution < -0.4 is 15.8 Å². The number of nitrogen functional groups attached to an aromatic ring is 1. The Morgan fingerprint density at radius 1 is 1.39 bits per heavy atom. The third-order valence-electron chi connectivity index (χ3n) is 3.50. The van der Waals surface area contributed by atoms with Crippen LogP contribution in [0, 0.1) is 6.92 Å². The van der Waals surface area contributed by atoms with E-state index >= 15 is 0 Å². The first-order valence-corrected chi connectivity index (χ1v) is 6.85. The number of hydrogen-bond donors (Lipinski definition) is 2. The molecular formula is C15H24N2O. The molecule has 0 amide bonds. The molecule has 2 rings (SSSR count). The molecule has 0 bridgehead atoms. The lowest BCUT2D eigenvalue weighted by Gasteiger charge is -2.26. The standard InChI is InChI=1S/C15H24N2O/c1-10(2)18-15-8-13(11(3)7-14(15)16)12-5-4-6-17-9-12/h7-8,10,12,17H,4-6,9,16H2,1-3H3. The van der Waals surface area contributed by atoms with Crippen molar-refractivity contribution in [2.24, 2.45) is 0 Å². The summed E-state index contributed by atoms with van der Waals surface area (Å²) in [5.74, 6) is 1.42. The third-order valence-corrected chi connectivity index (χ3v) is 3.50. The minimum atomic E-state index is 0.160. The summed E-state index contributed by atoms with van der Waals surface area (Å²) >= 11 is 0. The smallest absolute Gasteiger partial charge is 0.142 e. The molecule has 0 saturated carbocycles. The Hall–Kier alpha value is -1.22. The summed E-state index contributed by atoms with van der Waals surface area (Å²) in [6.07, 6.45) is 2.65. The van der Waals surface area contributed by atoms with Crippen molar-refractivity contribution in [1.82, 2.24) is 5.32 Å². The molecule has 18 heavy (non-hydrogen) atoms. The van der Waals surface area contributed by atoms with Crippen LogP contribution in [-0.4, -0.2) is 19.2 Å². The van der Waals surface area contributed by atoms with E-state index in [1.54, 1.807) is 0 Å². The number of nitrogens with two attached hydrogens (primary N) is 1. The number of nitrogens with one attached hydrogen (secondary N) is 1. The molecule has 1 atom stereocenters. The Bertz CT molecular complexity index is 409. The van der Waals surface area contributed by atoms with Crippen LogP contribution in [0.2, 0.25) is 0 Å². The fourth-order valence-corrected chi connectivity index (χ4v) is 2.64. The van der Waals surface area contributed by atoms with E-state index in [2.05, 4.69) is 18.3 Å². The Labute approximate surface area is 110 Å². The Morgan fingerprint density at radius 2 is 2.17 bits per heavy atom. The van der Waals surface area contributed by atoms with E-state index in [1.165, 1.54) is 24.0 Å². The fraction of sp³-hybridized carbons (Fsp3) is 0.600. The van der Waals surface area contributed by atoms with Crippen LogP contribution in [0.5, 0.6) is 5.75 Å². The molecule has 1 aliphatic rings. The molecule has 0 aromatic heterocycles. The summed E-state index contributed by atoms with van der Waals surface area (Å²) in [5.41, 5.74) is 9.43. The topological polar surface area (TPSA) is 47.3 Å². The highest BCUT2D eigenvalue weighted by Gasteiger charge is 2.19. The van der Waals surface area contributed by atoms with Crippen molar-refractivity contribution in [3.8, 4) is 5.75 Å². The Morgan fingerprint density at radius 3 is 2.78 bits per heavy atom. The van der Waals surface area contributed by atoms with Gasteiger partial charge in [0.15, 0.2) is 0 Å². The van der Waals surface area contributed by atoms with E-state index in [0.717, 1.165) is 24.5 Å². The molecule has 100 valence electrons. The maximum atomic E-state index is 6.03. The van der Waals surface area contributed by atoms with Crippen LogP contribution in [0.15, 0.2) is 12.1 Å². The molecular weight excluding hydrogens is 224 g/mol. The SMILES string of the molecule is Cc1cc(N)c(OC(C)C)cc1C1CCCNC1. The van der Waals surface area contributed by atoms with E-state index < -0.39 is 0 Å². The maximum absolute atomic E-state index is 6.03. The van der Waals surface area contributed by atoms with E-state index in [-0.39, 0.29) is 6.10 Å². The zero-order valence-corrected chi connectivity index (χ0v) is 11.6. The summed E-state index contributed by atoms with van der Waals surface area (Å²) < 4.78 is 5.79. The van der Waals surface area contributed by atoms with Crippen LogP contribution in [-0.2, 0) is 0 Å². The van der Waals surface area contributed by atoms with Crippen molar-refractivity contribution < 1.29 is 4.74 Å². The number of piperidine rings is 1. The number of benzene rings is 1. The predicted octanol–water partition coefficient (Wildman–Crippen LogP) is 2.83. The number of aryl methyl sites for hydroxylation is 1. The molecule has 1 fully saturated rings. The highest BCUT2D eigenvalue weighted by molar-refractivity contribution is 5.57. The molecule has 3 nitrogen and oxygen atoms in total. The van der Waals surface area contributed by atoms with E-state index in [1.807, 2.05) is 19.9 Å². The molecule has 1 unspecified atom stereocenters. The molecule has 1 aliphatic heterocycles. The van der Waals surface area contributed by atoms with Crippen LogP contribution in [0.4, 0.5) is 5.69 Å². The summed E-state index contributed by atoms with van der Waals surface area (Å²) in [6.45, 7) is 8.40. The van der Waals surface area contributed by atoms with Gasteiger partial charge in [-0.3, -0.25) is 0 Å². The normalized spacial score (nSPS) is 20.1. The van der Waals surface area contributed by atoms with Crippen molar-refractivity contribution in [2.75, 3.05) is 18.8 Å².